The topological polar surface area (TPSA) is 26.0 Å². The summed E-state index contributed by atoms with van der Waals surface area (Å²) in [4.78, 5) is 1.09. The van der Waals surface area contributed by atoms with Gasteiger partial charge in [0, 0.05) is 21.0 Å². The summed E-state index contributed by atoms with van der Waals surface area (Å²) in [6.07, 6.45) is 0.808. The van der Waals surface area contributed by atoms with Gasteiger partial charge in [-0.15, -0.1) is 11.8 Å². The molecule has 4 heteroatoms. The second-order valence-electron chi connectivity index (χ2n) is 4.59. The van der Waals surface area contributed by atoms with Gasteiger partial charge in [0.1, 0.15) is 5.82 Å². The number of nitrogens with two attached hydrogens (primary N) is 1. The van der Waals surface area contributed by atoms with Crippen LogP contribution in [0.5, 0.6) is 0 Å². The molecule has 106 valence electrons. The van der Waals surface area contributed by atoms with E-state index in [1.54, 1.807) is 17.8 Å². The molecule has 20 heavy (non-hydrogen) atoms. The zero-order valence-electron chi connectivity index (χ0n) is 11.2. The highest BCUT2D eigenvalue weighted by Gasteiger charge is 2.22. The predicted molar refractivity (Wildman–Crippen MR) is 87.4 cm³/mol. The lowest BCUT2D eigenvalue weighted by atomic mass is 10.0. The summed E-state index contributed by atoms with van der Waals surface area (Å²) in [6, 6.07) is 14.8. The van der Waals surface area contributed by atoms with Crippen molar-refractivity contribution in [2.24, 2.45) is 5.73 Å². The van der Waals surface area contributed by atoms with Crippen molar-refractivity contribution in [3.63, 3.8) is 0 Å². The van der Waals surface area contributed by atoms with Gasteiger partial charge in [-0.25, -0.2) is 4.39 Å². The van der Waals surface area contributed by atoms with Crippen LogP contribution in [-0.4, -0.2) is 6.04 Å². The molecule has 0 spiro atoms. The number of hydrogen-bond acceptors (Lipinski definition) is 2. The summed E-state index contributed by atoms with van der Waals surface area (Å²) < 4.78 is 15.1. The Hall–Kier alpha value is -0.840. The molecule has 1 nitrogen and oxygen atoms in total. The van der Waals surface area contributed by atoms with Crippen molar-refractivity contribution in [3.05, 3.63) is 64.4 Å². The predicted octanol–water partition coefficient (Wildman–Crippen LogP) is 5.16. The highest BCUT2D eigenvalue weighted by Crippen LogP contribution is 2.39. The molecule has 0 saturated heterocycles. The van der Waals surface area contributed by atoms with E-state index in [1.807, 2.05) is 43.3 Å². The zero-order chi connectivity index (χ0) is 14.5. The van der Waals surface area contributed by atoms with E-state index in [2.05, 4.69) is 15.9 Å². The molecular weight excluding hydrogens is 337 g/mol. The van der Waals surface area contributed by atoms with Crippen LogP contribution in [0.1, 0.15) is 24.2 Å². The normalized spacial score (nSPS) is 14.0. The van der Waals surface area contributed by atoms with Gasteiger partial charge in [0.2, 0.25) is 0 Å². The molecule has 2 N–H and O–H groups in total. The molecule has 0 fully saturated rings. The van der Waals surface area contributed by atoms with Crippen molar-refractivity contribution >= 4 is 27.7 Å². The average Bonchev–Trinajstić information content (AvgIpc) is 2.47. The Morgan fingerprint density at radius 1 is 1.15 bits per heavy atom. The molecule has 0 aromatic heterocycles. The van der Waals surface area contributed by atoms with E-state index in [4.69, 9.17) is 5.73 Å². The van der Waals surface area contributed by atoms with E-state index in [0.29, 0.717) is 5.56 Å². The molecule has 0 bridgehead atoms. The lowest BCUT2D eigenvalue weighted by molar-refractivity contribution is 0.572. The molecule has 0 aliphatic heterocycles. The lowest BCUT2D eigenvalue weighted by Gasteiger charge is -2.23. The van der Waals surface area contributed by atoms with Crippen LogP contribution < -0.4 is 5.73 Å². The molecule has 0 aliphatic rings. The number of benzene rings is 2. The van der Waals surface area contributed by atoms with E-state index in [-0.39, 0.29) is 17.1 Å². The van der Waals surface area contributed by atoms with Crippen LogP contribution in [0, 0.1) is 5.82 Å². The van der Waals surface area contributed by atoms with Crippen molar-refractivity contribution in [2.75, 3.05) is 0 Å². The summed E-state index contributed by atoms with van der Waals surface area (Å²) in [7, 11) is 0. The van der Waals surface area contributed by atoms with Gasteiger partial charge >= 0.3 is 0 Å². The van der Waals surface area contributed by atoms with Gasteiger partial charge in [-0.3, -0.25) is 0 Å². The molecule has 2 rings (SSSR count). The van der Waals surface area contributed by atoms with E-state index >= 15 is 0 Å². The molecular formula is C16H17BrFNS. The fraction of sp³-hybridized carbons (Fsp3) is 0.250. The summed E-state index contributed by atoms with van der Waals surface area (Å²) in [6.45, 7) is 2.03. The van der Waals surface area contributed by atoms with Gasteiger partial charge in [-0.2, -0.15) is 0 Å². The summed E-state index contributed by atoms with van der Waals surface area (Å²) in [5.74, 6) is -0.189. The quantitative estimate of drug-likeness (QED) is 0.751. The molecule has 2 aromatic carbocycles. The molecule has 0 radical (unpaired) electrons. The maximum atomic E-state index is 14.0. The first-order chi connectivity index (χ1) is 9.61. The van der Waals surface area contributed by atoms with Gasteiger partial charge in [0.25, 0.3) is 0 Å². The van der Waals surface area contributed by atoms with Gasteiger partial charge in [0.15, 0.2) is 0 Å². The third-order valence-electron chi connectivity index (χ3n) is 3.15. The SMILES string of the molecule is CCC(N)C(Sc1ccc(Br)cc1)c1ccccc1F. The fourth-order valence-corrected chi connectivity index (χ4v) is 3.50. The molecule has 0 saturated carbocycles. The third kappa shape index (κ3) is 3.84. The highest BCUT2D eigenvalue weighted by molar-refractivity contribution is 9.10. The second-order valence-corrected chi connectivity index (χ2v) is 6.72. The highest BCUT2D eigenvalue weighted by atomic mass is 79.9. The number of hydrogen-bond donors (Lipinski definition) is 1. The summed E-state index contributed by atoms with van der Waals surface area (Å²) >= 11 is 5.03. The van der Waals surface area contributed by atoms with Crippen LogP contribution >= 0.6 is 27.7 Å². The Kier molecular flexibility index (Phi) is 5.64. The molecule has 2 atom stereocenters. The minimum absolute atomic E-state index is 0.0811. The van der Waals surface area contributed by atoms with E-state index in [9.17, 15) is 4.39 Å². The van der Waals surface area contributed by atoms with Crippen LogP contribution in [0.3, 0.4) is 0 Å². The Balaban J connectivity index is 2.29. The third-order valence-corrected chi connectivity index (χ3v) is 5.08. The summed E-state index contributed by atoms with van der Waals surface area (Å²) in [5.41, 5.74) is 6.87. The van der Waals surface area contributed by atoms with Crippen molar-refractivity contribution in [3.8, 4) is 0 Å². The van der Waals surface area contributed by atoms with Gasteiger partial charge in [-0.05, 0) is 36.8 Å². The fourth-order valence-electron chi connectivity index (χ4n) is 1.96. The zero-order valence-corrected chi connectivity index (χ0v) is 13.6. The first-order valence-corrected chi connectivity index (χ1v) is 8.21. The lowest BCUT2D eigenvalue weighted by Crippen LogP contribution is -2.26. The van der Waals surface area contributed by atoms with Crippen molar-refractivity contribution in [1.82, 2.24) is 0 Å². The van der Waals surface area contributed by atoms with Gasteiger partial charge in [0.05, 0.1) is 5.25 Å². The Morgan fingerprint density at radius 3 is 2.40 bits per heavy atom. The Labute approximate surface area is 131 Å². The van der Waals surface area contributed by atoms with Crippen LogP contribution in [0.15, 0.2) is 57.9 Å². The minimum Gasteiger partial charge on any atom is -0.326 e. The monoisotopic (exact) mass is 353 g/mol. The smallest absolute Gasteiger partial charge is 0.127 e. The van der Waals surface area contributed by atoms with Crippen LogP contribution in [0.2, 0.25) is 0 Å². The molecule has 0 aliphatic carbocycles. The Bertz CT molecular complexity index is 559. The van der Waals surface area contributed by atoms with Crippen molar-refractivity contribution in [1.29, 1.82) is 0 Å². The maximum absolute atomic E-state index is 14.0. The van der Waals surface area contributed by atoms with Gasteiger partial charge in [-0.1, -0.05) is 41.1 Å². The molecule has 2 aromatic rings. The standard InChI is InChI=1S/C16H17BrFNS/c1-2-15(19)16(13-5-3-4-6-14(13)18)20-12-9-7-11(17)8-10-12/h3-10,15-16H,2,19H2,1H3. The largest absolute Gasteiger partial charge is 0.326 e. The van der Waals surface area contributed by atoms with Crippen LogP contribution in [-0.2, 0) is 0 Å². The molecule has 2 unspecified atom stereocenters. The van der Waals surface area contributed by atoms with Gasteiger partial charge < -0.3 is 5.73 Å². The number of rotatable bonds is 5. The van der Waals surface area contributed by atoms with Crippen molar-refractivity contribution in [2.45, 2.75) is 29.5 Å². The average molecular weight is 354 g/mol. The summed E-state index contributed by atoms with van der Waals surface area (Å²) in [5, 5.41) is -0.0811. The molecule has 0 heterocycles. The second kappa shape index (κ2) is 7.25. The van der Waals surface area contributed by atoms with Crippen LogP contribution in [0.4, 0.5) is 4.39 Å². The molecule has 0 amide bonds. The number of thioether (sulfide) groups is 1. The first-order valence-electron chi connectivity index (χ1n) is 6.54. The van der Waals surface area contributed by atoms with Crippen molar-refractivity contribution < 1.29 is 4.39 Å². The van der Waals surface area contributed by atoms with Crippen LogP contribution in [0.25, 0.3) is 0 Å². The maximum Gasteiger partial charge on any atom is 0.127 e. The first kappa shape index (κ1) is 15.5. The number of halogens is 2. The van der Waals surface area contributed by atoms with E-state index in [1.165, 1.54) is 6.07 Å². The Morgan fingerprint density at radius 2 is 1.80 bits per heavy atom. The van der Waals surface area contributed by atoms with E-state index in [0.717, 1.165) is 15.8 Å². The minimum atomic E-state index is -0.189. The van der Waals surface area contributed by atoms with E-state index < -0.39 is 0 Å².